The van der Waals surface area contributed by atoms with Gasteiger partial charge in [0.25, 0.3) is 0 Å². The first-order valence-corrected chi connectivity index (χ1v) is 9.75. The molecular formula is C22H23N5O2. The van der Waals surface area contributed by atoms with Crippen molar-refractivity contribution in [1.29, 1.82) is 0 Å². The number of carbonyl (C=O) groups excluding carboxylic acids is 2. The molecule has 0 saturated carbocycles. The highest BCUT2D eigenvalue weighted by Crippen LogP contribution is 2.28. The Morgan fingerprint density at radius 3 is 2.83 bits per heavy atom. The molecule has 0 radical (unpaired) electrons. The van der Waals surface area contributed by atoms with E-state index in [1.807, 2.05) is 47.2 Å². The monoisotopic (exact) mass is 389 g/mol. The summed E-state index contributed by atoms with van der Waals surface area (Å²) in [4.78, 5) is 35.3. The van der Waals surface area contributed by atoms with Crippen LogP contribution in [0, 0.1) is 5.92 Å². The number of carbonyl (C=O) groups is 2. The molecule has 2 amide bonds. The summed E-state index contributed by atoms with van der Waals surface area (Å²) in [6.07, 6.45) is 8.02. The Hall–Kier alpha value is -3.48. The second-order valence-electron chi connectivity index (χ2n) is 7.10. The van der Waals surface area contributed by atoms with Crippen LogP contribution in [0.15, 0.2) is 61.3 Å². The topological polar surface area (TPSA) is 80.1 Å². The third-order valence-electron chi connectivity index (χ3n) is 5.20. The Morgan fingerprint density at radius 2 is 2.10 bits per heavy atom. The fraction of sp³-hybridized carbons (Fsp3) is 0.273. The number of hydrogen-bond acceptors (Lipinski definition) is 4. The average Bonchev–Trinajstić information content (AvgIpc) is 3.42. The summed E-state index contributed by atoms with van der Waals surface area (Å²) < 4.78 is 1.81. The number of imidazole rings is 1. The number of amides is 2. The molecule has 148 valence electrons. The van der Waals surface area contributed by atoms with Crippen LogP contribution in [-0.4, -0.2) is 32.9 Å². The van der Waals surface area contributed by atoms with Gasteiger partial charge in [-0.2, -0.15) is 0 Å². The highest BCUT2D eigenvalue weighted by atomic mass is 16.2. The van der Waals surface area contributed by atoms with Gasteiger partial charge in [-0.1, -0.05) is 31.2 Å². The van der Waals surface area contributed by atoms with Gasteiger partial charge in [0, 0.05) is 43.8 Å². The zero-order valence-electron chi connectivity index (χ0n) is 16.3. The lowest BCUT2D eigenvalue weighted by Gasteiger charge is -2.20. The molecule has 3 heterocycles. The van der Waals surface area contributed by atoms with Crippen molar-refractivity contribution in [1.82, 2.24) is 19.9 Å². The molecule has 2 aromatic heterocycles. The van der Waals surface area contributed by atoms with Gasteiger partial charge in [0.05, 0.1) is 5.92 Å². The average molecular weight is 389 g/mol. The molecule has 4 rings (SSSR count). The van der Waals surface area contributed by atoms with Crippen LogP contribution < -0.4 is 10.2 Å². The van der Waals surface area contributed by atoms with Gasteiger partial charge < -0.3 is 10.2 Å². The number of pyridine rings is 1. The van der Waals surface area contributed by atoms with E-state index in [0.29, 0.717) is 13.1 Å². The van der Waals surface area contributed by atoms with Crippen LogP contribution in [0.25, 0.3) is 5.82 Å². The van der Waals surface area contributed by atoms with Crippen molar-refractivity contribution >= 4 is 17.5 Å². The predicted molar refractivity (Wildman–Crippen MR) is 109 cm³/mol. The van der Waals surface area contributed by atoms with Crippen LogP contribution >= 0.6 is 0 Å². The summed E-state index contributed by atoms with van der Waals surface area (Å²) in [5.74, 6) is 0.320. The fourth-order valence-electron chi connectivity index (χ4n) is 3.59. The van der Waals surface area contributed by atoms with E-state index < -0.39 is 0 Å². The quantitative estimate of drug-likeness (QED) is 0.702. The Labute approximate surface area is 169 Å². The first kappa shape index (κ1) is 18.9. The molecule has 0 aliphatic carbocycles. The van der Waals surface area contributed by atoms with Gasteiger partial charge >= 0.3 is 0 Å². The van der Waals surface area contributed by atoms with Gasteiger partial charge in [0.15, 0.2) is 0 Å². The number of rotatable bonds is 6. The second kappa shape index (κ2) is 8.26. The highest BCUT2D eigenvalue weighted by molar-refractivity contribution is 6.00. The van der Waals surface area contributed by atoms with E-state index in [0.717, 1.165) is 29.1 Å². The first-order valence-electron chi connectivity index (χ1n) is 9.75. The van der Waals surface area contributed by atoms with Gasteiger partial charge in [-0.05, 0) is 29.7 Å². The zero-order valence-corrected chi connectivity index (χ0v) is 16.3. The summed E-state index contributed by atoms with van der Waals surface area (Å²) in [7, 11) is 0. The number of benzene rings is 1. The maximum absolute atomic E-state index is 12.6. The van der Waals surface area contributed by atoms with Crippen molar-refractivity contribution < 1.29 is 9.59 Å². The minimum atomic E-state index is -0.342. The largest absolute Gasteiger partial charge is 0.352 e. The van der Waals surface area contributed by atoms with E-state index in [2.05, 4.69) is 22.2 Å². The van der Waals surface area contributed by atoms with Crippen LogP contribution in [0.2, 0.25) is 0 Å². The van der Waals surface area contributed by atoms with Crippen molar-refractivity contribution in [3.8, 4) is 5.82 Å². The maximum atomic E-state index is 12.6. The van der Waals surface area contributed by atoms with E-state index in [9.17, 15) is 9.59 Å². The first-order chi connectivity index (χ1) is 14.2. The second-order valence-corrected chi connectivity index (χ2v) is 7.10. The molecule has 1 aliphatic rings. The Kier molecular flexibility index (Phi) is 5.37. The molecule has 1 unspecified atom stereocenters. The molecule has 1 aliphatic heterocycles. The van der Waals surface area contributed by atoms with Crippen LogP contribution in [0.5, 0.6) is 0 Å². The molecule has 1 fully saturated rings. The molecule has 0 spiro atoms. The normalized spacial score (nSPS) is 16.2. The van der Waals surface area contributed by atoms with E-state index in [1.54, 1.807) is 23.6 Å². The zero-order chi connectivity index (χ0) is 20.2. The maximum Gasteiger partial charge on any atom is 0.227 e. The summed E-state index contributed by atoms with van der Waals surface area (Å²) in [5.41, 5.74) is 2.93. The Balaban J connectivity index is 1.36. The van der Waals surface area contributed by atoms with E-state index in [4.69, 9.17) is 0 Å². The number of hydrogen-bond donors (Lipinski definition) is 1. The number of aromatic nitrogens is 3. The standard InChI is InChI=1S/C22H23N5O2/c1-2-17-5-3-4-6-19(17)27-14-18(11-21(27)28)22(29)25-13-16-7-8-20(24-12-16)26-10-9-23-15-26/h3-10,12,15,18H,2,11,13-14H2,1H3,(H,25,29). The van der Waals surface area contributed by atoms with Crippen molar-refractivity contribution in [2.45, 2.75) is 26.3 Å². The van der Waals surface area contributed by atoms with Crippen LogP contribution in [0.4, 0.5) is 5.69 Å². The van der Waals surface area contributed by atoms with Crippen molar-refractivity contribution in [2.75, 3.05) is 11.4 Å². The van der Waals surface area contributed by atoms with Crippen molar-refractivity contribution in [2.24, 2.45) is 5.92 Å². The summed E-state index contributed by atoms with van der Waals surface area (Å²) in [5, 5.41) is 2.94. The molecular weight excluding hydrogens is 366 g/mol. The lowest BCUT2D eigenvalue weighted by Crippen LogP contribution is -2.32. The lowest BCUT2D eigenvalue weighted by molar-refractivity contribution is -0.126. The van der Waals surface area contributed by atoms with E-state index >= 15 is 0 Å². The third kappa shape index (κ3) is 4.03. The van der Waals surface area contributed by atoms with Crippen molar-refractivity contribution in [3.05, 3.63) is 72.4 Å². The summed E-state index contributed by atoms with van der Waals surface area (Å²) >= 11 is 0. The third-order valence-corrected chi connectivity index (χ3v) is 5.20. The molecule has 1 atom stereocenters. The number of para-hydroxylation sites is 1. The van der Waals surface area contributed by atoms with Crippen LogP contribution in [0.1, 0.15) is 24.5 Å². The van der Waals surface area contributed by atoms with Crippen LogP contribution in [-0.2, 0) is 22.6 Å². The molecule has 1 saturated heterocycles. The van der Waals surface area contributed by atoms with Gasteiger partial charge in [0.2, 0.25) is 11.8 Å². The van der Waals surface area contributed by atoms with Gasteiger partial charge in [0.1, 0.15) is 12.1 Å². The molecule has 3 aromatic rings. The number of aryl methyl sites for hydroxylation is 1. The number of nitrogens with one attached hydrogen (secondary N) is 1. The fourth-order valence-corrected chi connectivity index (χ4v) is 3.59. The molecule has 7 heteroatoms. The highest BCUT2D eigenvalue weighted by Gasteiger charge is 2.35. The van der Waals surface area contributed by atoms with E-state index in [1.165, 1.54) is 0 Å². The number of anilines is 1. The SMILES string of the molecule is CCc1ccccc1N1CC(C(=O)NCc2ccc(-n3ccnc3)nc2)CC1=O. The Morgan fingerprint density at radius 1 is 1.24 bits per heavy atom. The molecule has 1 aromatic carbocycles. The molecule has 29 heavy (non-hydrogen) atoms. The molecule has 7 nitrogen and oxygen atoms in total. The smallest absolute Gasteiger partial charge is 0.227 e. The van der Waals surface area contributed by atoms with Gasteiger partial charge in [-0.25, -0.2) is 9.97 Å². The predicted octanol–water partition coefficient (Wildman–Crippen LogP) is 2.50. The van der Waals surface area contributed by atoms with E-state index in [-0.39, 0.29) is 24.2 Å². The van der Waals surface area contributed by atoms with Gasteiger partial charge in [-0.15, -0.1) is 0 Å². The summed E-state index contributed by atoms with van der Waals surface area (Å²) in [6.45, 7) is 2.86. The summed E-state index contributed by atoms with van der Waals surface area (Å²) in [6, 6.07) is 11.7. The Bertz CT molecular complexity index is 998. The number of nitrogens with zero attached hydrogens (tertiary/aromatic N) is 4. The van der Waals surface area contributed by atoms with Gasteiger partial charge in [-0.3, -0.25) is 14.2 Å². The molecule has 1 N–H and O–H groups in total. The molecule has 0 bridgehead atoms. The van der Waals surface area contributed by atoms with Crippen LogP contribution in [0.3, 0.4) is 0 Å². The minimum absolute atomic E-state index is 0.00241. The van der Waals surface area contributed by atoms with Crippen molar-refractivity contribution in [3.63, 3.8) is 0 Å². The lowest BCUT2D eigenvalue weighted by atomic mass is 10.1. The minimum Gasteiger partial charge on any atom is -0.352 e.